The SMILES string of the molecule is Cc1ccoc1C(=O)N(CC1CCN(C2Cc3ccccc3C2)CC1)C[C@@H]1CCCO1. The van der Waals surface area contributed by atoms with Gasteiger partial charge in [-0.2, -0.15) is 0 Å². The number of likely N-dealkylation sites (tertiary alicyclic amines) is 1. The van der Waals surface area contributed by atoms with Crippen molar-refractivity contribution in [2.24, 2.45) is 5.92 Å². The van der Waals surface area contributed by atoms with Crippen LogP contribution in [0.2, 0.25) is 0 Å². The molecule has 2 saturated heterocycles. The fourth-order valence-electron chi connectivity index (χ4n) is 5.62. The Morgan fingerprint density at radius 2 is 1.81 bits per heavy atom. The highest BCUT2D eigenvalue weighted by Gasteiger charge is 2.32. The van der Waals surface area contributed by atoms with Gasteiger partial charge >= 0.3 is 0 Å². The third kappa shape index (κ3) is 4.58. The number of rotatable bonds is 6. The largest absolute Gasteiger partial charge is 0.459 e. The Hall–Kier alpha value is -2.11. The van der Waals surface area contributed by atoms with E-state index < -0.39 is 0 Å². The number of carbonyl (C=O) groups is 1. The number of nitrogens with zero attached hydrogens (tertiary/aromatic N) is 2. The number of amides is 1. The summed E-state index contributed by atoms with van der Waals surface area (Å²) in [4.78, 5) is 17.9. The molecule has 0 unspecified atom stereocenters. The lowest BCUT2D eigenvalue weighted by Crippen LogP contribution is -2.46. The Bertz CT molecular complexity index is 869. The predicted molar refractivity (Wildman–Crippen MR) is 120 cm³/mol. The van der Waals surface area contributed by atoms with Gasteiger partial charge in [0.25, 0.3) is 5.91 Å². The molecule has 0 spiro atoms. The zero-order valence-electron chi connectivity index (χ0n) is 18.6. The second-order valence-electron chi connectivity index (χ2n) is 9.59. The highest BCUT2D eigenvalue weighted by atomic mass is 16.5. The van der Waals surface area contributed by atoms with Gasteiger partial charge < -0.3 is 14.1 Å². The van der Waals surface area contributed by atoms with Crippen molar-refractivity contribution in [3.63, 3.8) is 0 Å². The number of benzene rings is 1. The van der Waals surface area contributed by atoms with Gasteiger partial charge in [-0.05, 0) is 81.6 Å². The zero-order valence-corrected chi connectivity index (χ0v) is 18.6. The first-order valence-corrected chi connectivity index (χ1v) is 11.9. The van der Waals surface area contributed by atoms with Crippen LogP contribution in [0.4, 0.5) is 0 Å². The molecule has 1 aromatic carbocycles. The summed E-state index contributed by atoms with van der Waals surface area (Å²) in [5.74, 6) is 1.05. The second kappa shape index (κ2) is 9.17. The Morgan fingerprint density at radius 1 is 1.06 bits per heavy atom. The molecule has 1 atom stereocenters. The van der Waals surface area contributed by atoms with Gasteiger partial charge in [-0.15, -0.1) is 0 Å². The lowest BCUT2D eigenvalue weighted by atomic mass is 9.94. The fourth-order valence-corrected chi connectivity index (χ4v) is 5.62. The normalized spacial score (nSPS) is 22.7. The van der Waals surface area contributed by atoms with Crippen LogP contribution in [0.15, 0.2) is 41.0 Å². The number of ether oxygens (including phenoxy) is 1. The van der Waals surface area contributed by atoms with E-state index in [0.717, 1.165) is 57.5 Å². The molecule has 3 aliphatic rings. The minimum atomic E-state index is 0.0201. The molecule has 0 radical (unpaired) electrons. The standard InChI is InChI=1S/C26H34N2O3/c1-19-10-14-31-25(19)26(29)28(18-24-7-4-13-30-24)17-20-8-11-27(12-9-20)23-15-21-5-2-3-6-22(21)16-23/h2-3,5-6,10,14,20,23-24H,4,7-9,11-13,15-18H2,1H3/t24-/m0/s1. The minimum absolute atomic E-state index is 0.0201. The van der Waals surface area contributed by atoms with Gasteiger partial charge in [0.1, 0.15) is 0 Å². The number of furan rings is 1. The summed E-state index contributed by atoms with van der Waals surface area (Å²) in [5.41, 5.74) is 3.96. The van der Waals surface area contributed by atoms with E-state index >= 15 is 0 Å². The fraction of sp³-hybridized carbons (Fsp3) is 0.577. The van der Waals surface area contributed by atoms with Crippen molar-refractivity contribution in [2.45, 2.75) is 57.6 Å². The maximum absolute atomic E-state index is 13.3. The summed E-state index contributed by atoms with van der Waals surface area (Å²) >= 11 is 0. The van der Waals surface area contributed by atoms with Gasteiger partial charge in [0.05, 0.1) is 12.4 Å². The number of fused-ring (bicyclic) bond motifs is 1. The topological polar surface area (TPSA) is 45.9 Å². The van der Waals surface area contributed by atoms with Crippen LogP contribution in [0.5, 0.6) is 0 Å². The van der Waals surface area contributed by atoms with Crippen molar-refractivity contribution in [3.8, 4) is 0 Å². The van der Waals surface area contributed by atoms with E-state index in [-0.39, 0.29) is 12.0 Å². The van der Waals surface area contributed by atoms with Gasteiger partial charge in [0, 0.05) is 31.3 Å². The monoisotopic (exact) mass is 422 g/mol. The molecular weight excluding hydrogens is 388 g/mol. The average molecular weight is 423 g/mol. The Morgan fingerprint density at radius 3 is 2.42 bits per heavy atom. The van der Waals surface area contributed by atoms with Crippen LogP contribution < -0.4 is 0 Å². The van der Waals surface area contributed by atoms with E-state index in [0.29, 0.717) is 24.3 Å². The Labute approximate surface area is 185 Å². The molecule has 5 heteroatoms. The Balaban J connectivity index is 1.19. The van der Waals surface area contributed by atoms with E-state index in [1.807, 2.05) is 17.9 Å². The molecule has 0 bridgehead atoms. The molecule has 2 aliphatic heterocycles. The molecule has 5 rings (SSSR count). The first-order valence-electron chi connectivity index (χ1n) is 11.9. The number of aryl methyl sites for hydroxylation is 1. The van der Waals surface area contributed by atoms with E-state index in [1.165, 1.54) is 24.0 Å². The highest BCUT2D eigenvalue weighted by Crippen LogP contribution is 2.29. The van der Waals surface area contributed by atoms with Crippen LogP contribution in [0.25, 0.3) is 0 Å². The molecule has 2 fully saturated rings. The number of piperidine rings is 1. The van der Waals surface area contributed by atoms with Gasteiger partial charge in [-0.3, -0.25) is 9.69 Å². The molecule has 1 amide bonds. The van der Waals surface area contributed by atoms with Crippen molar-refractivity contribution < 1.29 is 13.9 Å². The van der Waals surface area contributed by atoms with Crippen LogP contribution >= 0.6 is 0 Å². The molecule has 0 saturated carbocycles. The summed E-state index contributed by atoms with van der Waals surface area (Å²) in [6.07, 6.45) is 8.58. The number of carbonyl (C=O) groups excluding carboxylic acids is 1. The highest BCUT2D eigenvalue weighted by molar-refractivity contribution is 5.92. The maximum atomic E-state index is 13.3. The van der Waals surface area contributed by atoms with Crippen molar-refractivity contribution in [3.05, 3.63) is 59.0 Å². The van der Waals surface area contributed by atoms with Crippen LogP contribution in [0.3, 0.4) is 0 Å². The van der Waals surface area contributed by atoms with Gasteiger partial charge in [0.15, 0.2) is 5.76 Å². The summed E-state index contributed by atoms with van der Waals surface area (Å²) in [7, 11) is 0. The van der Waals surface area contributed by atoms with Crippen molar-refractivity contribution in [1.29, 1.82) is 0 Å². The quantitative estimate of drug-likeness (QED) is 0.704. The van der Waals surface area contributed by atoms with Crippen LogP contribution in [-0.4, -0.2) is 60.6 Å². The summed E-state index contributed by atoms with van der Waals surface area (Å²) < 4.78 is 11.4. The van der Waals surface area contributed by atoms with Crippen LogP contribution in [-0.2, 0) is 17.6 Å². The molecule has 3 heterocycles. The number of hydrogen-bond donors (Lipinski definition) is 0. The average Bonchev–Trinajstić information content (AvgIpc) is 3.54. The summed E-state index contributed by atoms with van der Waals surface area (Å²) in [5, 5.41) is 0. The molecule has 1 aromatic heterocycles. The third-order valence-corrected chi connectivity index (χ3v) is 7.47. The van der Waals surface area contributed by atoms with Crippen molar-refractivity contribution in [2.75, 3.05) is 32.8 Å². The molecular formula is C26H34N2O3. The Kier molecular flexibility index (Phi) is 6.15. The molecule has 0 N–H and O–H groups in total. The first kappa shape index (κ1) is 20.8. The van der Waals surface area contributed by atoms with Gasteiger partial charge in [-0.1, -0.05) is 24.3 Å². The predicted octanol–water partition coefficient (Wildman–Crippen LogP) is 4.09. The van der Waals surface area contributed by atoms with E-state index in [4.69, 9.17) is 9.15 Å². The molecule has 5 nitrogen and oxygen atoms in total. The van der Waals surface area contributed by atoms with Gasteiger partial charge in [0.2, 0.25) is 0 Å². The van der Waals surface area contributed by atoms with E-state index in [2.05, 4.69) is 29.2 Å². The zero-order chi connectivity index (χ0) is 21.2. The summed E-state index contributed by atoms with van der Waals surface area (Å²) in [6.45, 7) is 6.50. The summed E-state index contributed by atoms with van der Waals surface area (Å²) in [6, 6.07) is 11.4. The maximum Gasteiger partial charge on any atom is 0.289 e. The smallest absolute Gasteiger partial charge is 0.289 e. The lowest BCUT2D eigenvalue weighted by molar-refractivity contribution is 0.0408. The van der Waals surface area contributed by atoms with Crippen LogP contribution in [0.1, 0.15) is 52.9 Å². The van der Waals surface area contributed by atoms with Gasteiger partial charge in [-0.25, -0.2) is 0 Å². The van der Waals surface area contributed by atoms with E-state index in [9.17, 15) is 4.79 Å². The van der Waals surface area contributed by atoms with Crippen LogP contribution in [0, 0.1) is 12.8 Å². The first-order chi connectivity index (χ1) is 15.2. The molecule has 166 valence electrons. The van der Waals surface area contributed by atoms with Crippen molar-refractivity contribution in [1.82, 2.24) is 9.80 Å². The molecule has 2 aromatic rings. The molecule has 31 heavy (non-hydrogen) atoms. The number of hydrogen-bond acceptors (Lipinski definition) is 4. The third-order valence-electron chi connectivity index (χ3n) is 7.47. The lowest BCUT2D eigenvalue weighted by Gasteiger charge is -2.38. The molecule has 1 aliphatic carbocycles. The minimum Gasteiger partial charge on any atom is -0.459 e. The van der Waals surface area contributed by atoms with E-state index in [1.54, 1.807) is 6.26 Å². The second-order valence-corrected chi connectivity index (χ2v) is 9.59. The van der Waals surface area contributed by atoms with Crippen molar-refractivity contribution >= 4 is 5.91 Å².